The number of rotatable bonds is 19. The smallest absolute Gasteiger partial charge is 0.330 e. The van der Waals surface area contributed by atoms with E-state index in [1.165, 1.54) is 89.5 Å². The van der Waals surface area contributed by atoms with Crippen LogP contribution in [0.15, 0.2) is 127 Å². The van der Waals surface area contributed by atoms with Crippen LogP contribution in [0.5, 0.6) is 57.5 Å². The monoisotopic (exact) mass is 1960 g/mol. The molecule has 137 heavy (non-hydrogen) atoms. The summed E-state index contributed by atoms with van der Waals surface area (Å²) in [5.41, 5.74) is 9.57. The number of benzene rings is 7. The van der Waals surface area contributed by atoms with Crippen LogP contribution >= 0.6 is 23.2 Å². The first-order valence-corrected chi connectivity index (χ1v) is 44.1. The second-order valence-electron chi connectivity index (χ2n) is 34.2. The van der Waals surface area contributed by atoms with Crippen LogP contribution in [-0.2, 0) is 76.2 Å². The number of amides is 6. The summed E-state index contributed by atoms with van der Waals surface area (Å²) in [5, 5.41) is 198. The van der Waals surface area contributed by atoms with Crippen molar-refractivity contribution < 1.29 is 177 Å². The highest BCUT2D eigenvalue weighted by atomic mass is 35.5. The number of hydrogen-bond acceptors (Lipinski definition) is 38. The number of ether oxygens (including phenoxy) is 13. The van der Waals surface area contributed by atoms with Crippen molar-refractivity contribution >= 4 is 64.6 Å². The van der Waals surface area contributed by atoms with Gasteiger partial charge in [0.1, 0.15) is 150 Å². The van der Waals surface area contributed by atoms with Gasteiger partial charge in [0.2, 0.25) is 53.8 Å². The van der Waals surface area contributed by atoms with Gasteiger partial charge in [-0.15, -0.1) is 0 Å². The Hall–Kier alpha value is -11.1. The molecule has 5 fully saturated rings. The number of aliphatic hydroxyl groups is 11. The summed E-state index contributed by atoms with van der Waals surface area (Å²) < 4.78 is 82.0. The van der Waals surface area contributed by atoms with Crippen molar-refractivity contribution in [1.82, 2.24) is 37.2 Å². The van der Waals surface area contributed by atoms with E-state index in [-0.39, 0.29) is 46.6 Å². The summed E-state index contributed by atoms with van der Waals surface area (Å²) in [7, 11) is 2.61. The maximum Gasteiger partial charge on any atom is 0.330 e. The number of nitrogens with one attached hydrogen (secondary N) is 7. The molecule has 27 N–H and O–H groups in total. The van der Waals surface area contributed by atoms with Crippen molar-refractivity contribution in [1.29, 1.82) is 0 Å². The number of halogens is 2. The number of aliphatic hydroxyl groups excluding tert-OH is 11. The van der Waals surface area contributed by atoms with Crippen LogP contribution in [0.4, 0.5) is 0 Å². The number of phenols is 4. The first kappa shape index (κ1) is 100. The second-order valence-corrected chi connectivity index (χ2v) is 35.0. The molecule has 0 aromatic heterocycles. The maximum atomic E-state index is 17.0. The summed E-state index contributed by atoms with van der Waals surface area (Å²) >= 11 is 14.2. The minimum atomic E-state index is -2.49. The van der Waals surface area contributed by atoms with E-state index in [0.29, 0.717) is 0 Å². The van der Waals surface area contributed by atoms with Gasteiger partial charge in [0.05, 0.1) is 53.8 Å². The summed E-state index contributed by atoms with van der Waals surface area (Å²) in [6.45, 7) is 2.33. The molecular weight excluding hydrogens is 1850 g/mol. The molecule has 11 bridgehead atoms. The van der Waals surface area contributed by atoms with Crippen molar-refractivity contribution in [2.45, 2.75) is 229 Å². The number of carbonyl (C=O) groups excluding carboxylic acids is 6. The predicted molar refractivity (Wildman–Crippen MR) is 466 cm³/mol. The van der Waals surface area contributed by atoms with Gasteiger partial charge in [-0.05, 0) is 140 Å². The third-order valence-electron chi connectivity index (χ3n) is 25.0. The Kier molecular flexibility index (Phi) is 30.7. The lowest BCUT2D eigenvalue weighted by Crippen LogP contribution is -2.62. The van der Waals surface area contributed by atoms with Crippen molar-refractivity contribution in [2.24, 2.45) is 11.5 Å². The van der Waals surface area contributed by atoms with E-state index in [9.17, 15) is 86.5 Å². The lowest BCUT2D eigenvalue weighted by molar-refractivity contribution is -0.330. The van der Waals surface area contributed by atoms with Gasteiger partial charge < -0.3 is 192 Å². The molecule has 0 saturated carbocycles. The highest BCUT2D eigenvalue weighted by Gasteiger charge is 2.53. The van der Waals surface area contributed by atoms with Crippen molar-refractivity contribution in [2.75, 3.05) is 27.4 Å². The Morgan fingerprint density at radius 3 is 1.63 bits per heavy atom. The lowest BCUT2D eigenvalue weighted by Gasteiger charge is -2.44. The molecule has 7 aromatic carbocycles. The van der Waals surface area contributed by atoms with E-state index < -0.39 is 334 Å². The topological polar surface area (TPSA) is 699 Å². The molecule has 0 spiro atoms. The van der Waals surface area contributed by atoms with Crippen LogP contribution in [0.25, 0.3) is 11.1 Å². The van der Waals surface area contributed by atoms with E-state index >= 15 is 28.8 Å². The van der Waals surface area contributed by atoms with Gasteiger partial charge in [-0.3, -0.25) is 28.8 Å². The minimum absolute atomic E-state index is 0.0847. The molecule has 45 nitrogen and oxygen atoms in total. The molecule has 6 amide bonds. The third kappa shape index (κ3) is 21.0. The average Bonchev–Trinajstić information content (AvgIpc) is 0.759. The quantitative estimate of drug-likeness (QED) is 0.0451. The first-order chi connectivity index (χ1) is 65.2. The highest BCUT2D eigenvalue weighted by Crippen LogP contribution is 2.51. The Morgan fingerprint density at radius 2 is 1.03 bits per heavy atom. The molecule has 10 heterocycles. The van der Waals surface area contributed by atoms with Gasteiger partial charge in [0.15, 0.2) is 42.5 Å². The van der Waals surface area contributed by atoms with Crippen LogP contribution < -0.4 is 67.6 Å². The summed E-state index contributed by atoms with van der Waals surface area (Å²) in [4.78, 5) is 112. The molecule has 0 aliphatic carbocycles. The number of likely N-dealkylation sites (N-methyl/N-ethyl adjacent to an activating group) is 1. The zero-order chi connectivity index (χ0) is 98.5. The van der Waals surface area contributed by atoms with Crippen LogP contribution in [0.3, 0.4) is 0 Å². The van der Waals surface area contributed by atoms with E-state index in [1.54, 1.807) is 0 Å². The Labute approximate surface area is 788 Å². The fraction of sp³-hybridized carbons (Fsp3) is 0.456. The van der Waals surface area contributed by atoms with Crippen molar-refractivity contribution in [3.05, 3.63) is 176 Å². The fourth-order valence-corrected chi connectivity index (χ4v) is 17.9. The maximum absolute atomic E-state index is 17.0. The minimum Gasteiger partial charge on any atom is -0.508 e. The molecule has 7 aromatic rings. The molecule has 32 atom stereocenters. The van der Waals surface area contributed by atoms with Gasteiger partial charge in [0, 0.05) is 54.8 Å². The Balaban J connectivity index is 0.955. The number of phenolic OH excluding ortho intramolecular Hbond substituents is 4. The molecule has 10 aliphatic rings. The number of carboxylic acid groups (broad SMARTS) is 1. The van der Waals surface area contributed by atoms with Crippen LogP contribution in [0.1, 0.15) is 115 Å². The number of fused-ring (bicyclic) bond motifs is 15. The molecule has 17 rings (SSSR count). The predicted octanol–water partition coefficient (Wildman–Crippen LogP) is -1.22. The molecule has 0 unspecified atom stereocenters. The molecule has 5 saturated heterocycles. The SMILES string of the molecule is CN[C@@H](C(=O)N[C@H]1C(=O)N[C@@H](c2ccc(O)c(Cl)c2)C(=O)N[C@H]2C(=O)N[C@H]3C(=O)N[C@H](C(=O)N[C@H](C(=O)O)c4cc(O)cc(O)c4-c4cc3ccc4O)[C@H](O[C@H]3C[C@@H](N)[C@@H](O)[C@H](C)O3)c3ccc(c(Cl)c3)Oc3cc2cc(c3O[C@@H]2O[C@H](CO)[C@@H](O)[C@H](O)[C@H]2O[C@H]2C[C@@H](N)[C@@H](O)[C@H](C)O2)Oc2ccc(cc2)[C@H]1O[C@H]1O[C@H](CO)[C@@H](O)[C@H](O)[C@@H]1O)c1ccc(O[C@@H]2O[C@@H](C)[C@H](O)[C@@H](O)[C@H]2OC)cc1. The number of aliphatic carboxylic acids is 1. The van der Waals surface area contributed by atoms with Gasteiger partial charge in [-0.1, -0.05) is 65.7 Å². The molecule has 738 valence electrons. The summed E-state index contributed by atoms with van der Waals surface area (Å²) in [6.07, 6.45) is -39.1. The van der Waals surface area contributed by atoms with Crippen LogP contribution in [0, 0.1) is 0 Å². The van der Waals surface area contributed by atoms with Gasteiger partial charge in [-0.2, -0.15) is 0 Å². The number of carbonyl (C=O) groups is 7. The molecule has 10 aliphatic heterocycles. The molecule has 47 heteroatoms. The second kappa shape index (κ2) is 41.9. The van der Waals surface area contributed by atoms with E-state index in [2.05, 4.69) is 37.2 Å². The fourth-order valence-electron chi connectivity index (χ4n) is 17.5. The number of hydrogen-bond donors (Lipinski definition) is 25. The van der Waals surface area contributed by atoms with Crippen molar-refractivity contribution in [3.8, 4) is 68.6 Å². The summed E-state index contributed by atoms with van der Waals surface area (Å²) in [6, 6.07) is 5.97. The average molecular weight is 1960 g/mol. The zero-order valence-electron chi connectivity index (χ0n) is 73.2. The number of methoxy groups -OCH3 is 1. The van der Waals surface area contributed by atoms with E-state index in [1.807, 2.05) is 0 Å². The standard InChI is InChI=1S/C90H103Cl2N9O36/c1-31-67(108)47(93)27-57(126-31)134-77-38-12-19-52(46(92)22-38)131-54-24-39-23-53(78(54)137-90-80(74(115)71(112)56(30-103)133-90)135-58-28-48(94)68(109)32(2)127-58)129-41-15-8-35(9-16-41)76(136-88-75(116)72(113)70(111)55(29-102)132-88)65(100-81(117)60(95-4)34-6-13-42(14-7-34)130-89-79(125-5)73(114)69(110)33(3)128-89)85(121)97-62(37-11-18-50(106)45(91)21-37)82(118)98-63(39)84(120)96-61-36-10-17-49(105)43(20-36)59-44(25-40(104)26-51(59)107)64(87(123)124)99-86(122)66(77)101-83(61)119/h6-26,31-33,47-48,55-58,60-77,79-80,88-90,95,102-116H,27-30,93-94H2,1-5H3,(H,96,120)(H,97,121)(H,98,118)(H,99,122)(H,100,117)(H,101,119)(H,123,124)/t31-,32-,33-,47+,48+,55+,56+,57-,58-,60+,61+,62-,63+,64-,65+,66-,67-,68-,69-,70+,71+,72-,73+,74-,75-,76+,77+,79+,80+,88+,89-,90-/m0/s1. The third-order valence-corrected chi connectivity index (χ3v) is 25.6. The van der Waals surface area contributed by atoms with Crippen LogP contribution in [0.2, 0.25) is 10.0 Å². The molecular formula is C90H103Cl2N9O36. The number of nitrogens with two attached hydrogens (primary N) is 2. The van der Waals surface area contributed by atoms with Gasteiger partial charge in [-0.25, -0.2) is 4.79 Å². The van der Waals surface area contributed by atoms with Crippen molar-refractivity contribution in [3.63, 3.8) is 0 Å². The normalized spacial score (nSPS) is 33.8. The number of aromatic hydroxyl groups is 4. The van der Waals surface area contributed by atoms with E-state index in [4.69, 9.17) is 96.2 Å². The van der Waals surface area contributed by atoms with Gasteiger partial charge in [0.25, 0.3) is 0 Å². The first-order valence-electron chi connectivity index (χ1n) is 43.3. The zero-order valence-corrected chi connectivity index (χ0v) is 74.7. The van der Waals surface area contributed by atoms with E-state index in [0.717, 1.165) is 72.8 Å². The number of carboxylic acids is 1. The largest absolute Gasteiger partial charge is 0.508 e. The highest BCUT2D eigenvalue weighted by molar-refractivity contribution is 6.32. The van der Waals surface area contributed by atoms with Crippen LogP contribution in [-0.4, -0.2) is 304 Å². The lowest BCUT2D eigenvalue weighted by atomic mass is 9.89. The Bertz CT molecular complexity index is 5580. The van der Waals surface area contributed by atoms with Gasteiger partial charge >= 0.3 is 5.97 Å². The summed E-state index contributed by atoms with van der Waals surface area (Å²) in [5.74, 6) is -16.1. The molecule has 0 radical (unpaired) electrons. The Morgan fingerprint density at radius 1 is 0.489 bits per heavy atom.